The summed E-state index contributed by atoms with van der Waals surface area (Å²) in [5, 5.41) is 4.03. The van der Waals surface area contributed by atoms with Gasteiger partial charge in [0.15, 0.2) is 0 Å². The smallest absolute Gasteiger partial charge is 0.144 e. The van der Waals surface area contributed by atoms with Crippen molar-refractivity contribution in [1.29, 1.82) is 0 Å². The molecule has 1 unspecified atom stereocenters. The molecule has 1 N–H and O–H groups in total. The third kappa shape index (κ3) is 2.76. The van der Waals surface area contributed by atoms with Gasteiger partial charge >= 0.3 is 0 Å². The van der Waals surface area contributed by atoms with Gasteiger partial charge < -0.3 is 5.32 Å². The highest BCUT2D eigenvalue weighted by Crippen LogP contribution is 2.32. The van der Waals surface area contributed by atoms with E-state index in [1.54, 1.807) is 6.20 Å². The molecule has 1 atom stereocenters. The standard InChI is InChI=1S/C11H14Cl2N2/c12-9-5-2-6-14-11(9)15-7-10(13)8-3-1-4-8/h2,5-6,8,10H,1,3-4,7H2,(H,14,15). The van der Waals surface area contributed by atoms with Crippen LogP contribution in [0, 0.1) is 5.92 Å². The van der Waals surface area contributed by atoms with Crippen LogP contribution in [0.5, 0.6) is 0 Å². The van der Waals surface area contributed by atoms with Crippen molar-refractivity contribution in [2.45, 2.75) is 24.6 Å². The van der Waals surface area contributed by atoms with Gasteiger partial charge in [-0.3, -0.25) is 0 Å². The second-order valence-corrected chi connectivity index (χ2v) is 4.89. The molecule has 15 heavy (non-hydrogen) atoms. The molecular weight excluding hydrogens is 231 g/mol. The van der Waals surface area contributed by atoms with Crippen LogP contribution < -0.4 is 5.32 Å². The molecule has 0 amide bonds. The first-order valence-electron chi connectivity index (χ1n) is 5.26. The summed E-state index contributed by atoms with van der Waals surface area (Å²) in [6.45, 7) is 0.739. The maximum absolute atomic E-state index is 6.25. The van der Waals surface area contributed by atoms with Crippen molar-refractivity contribution in [3.05, 3.63) is 23.4 Å². The van der Waals surface area contributed by atoms with E-state index in [4.69, 9.17) is 23.2 Å². The number of nitrogens with one attached hydrogen (secondary N) is 1. The summed E-state index contributed by atoms with van der Waals surface area (Å²) in [7, 11) is 0. The highest BCUT2D eigenvalue weighted by Gasteiger charge is 2.25. The molecule has 2 rings (SSSR count). The molecule has 1 fully saturated rings. The number of hydrogen-bond acceptors (Lipinski definition) is 2. The Hall–Kier alpha value is -0.470. The second kappa shape index (κ2) is 5.04. The second-order valence-electron chi connectivity index (χ2n) is 3.92. The molecule has 1 heterocycles. The van der Waals surface area contributed by atoms with E-state index in [1.165, 1.54) is 19.3 Å². The van der Waals surface area contributed by atoms with E-state index >= 15 is 0 Å². The van der Waals surface area contributed by atoms with Crippen LogP contribution in [0.1, 0.15) is 19.3 Å². The first-order chi connectivity index (χ1) is 7.27. The number of anilines is 1. The number of pyridine rings is 1. The first-order valence-corrected chi connectivity index (χ1v) is 6.07. The molecule has 82 valence electrons. The van der Waals surface area contributed by atoms with Gasteiger partial charge in [-0.05, 0) is 30.9 Å². The zero-order valence-electron chi connectivity index (χ0n) is 8.42. The minimum absolute atomic E-state index is 0.192. The van der Waals surface area contributed by atoms with E-state index in [0.29, 0.717) is 10.9 Å². The molecule has 0 aromatic carbocycles. The molecule has 4 heteroatoms. The molecule has 0 aliphatic heterocycles. The average molecular weight is 245 g/mol. The van der Waals surface area contributed by atoms with Gasteiger partial charge in [0.25, 0.3) is 0 Å². The molecule has 1 aliphatic carbocycles. The molecule has 0 saturated heterocycles. The highest BCUT2D eigenvalue weighted by molar-refractivity contribution is 6.32. The van der Waals surface area contributed by atoms with Gasteiger partial charge in [-0.1, -0.05) is 18.0 Å². The largest absolute Gasteiger partial charge is 0.367 e. The minimum atomic E-state index is 0.192. The van der Waals surface area contributed by atoms with Gasteiger partial charge in [0.05, 0.1) is 10.4 Å². The van der Waals surface area contributed by atoms with Crippen molar-refractivity contribution in [3.63, 3.8) is 0 Å². The Morgan fingerprint density at radius 3 is 2.93 bits per heavy atom. The predicted molar refractivity (Wildman–Crippen MR) is 64.7 cm³/mol. The first kappa shape index (κ1) is 11.0. The topological polar surface area (TPSA) is 24.9 Å². The van der Waals surface area contributed by atoms with E-state index in [2.05, 4.69) is 10.3 Å². The molecule has 1 aliphatic rings. The molecule has 2 nitrogen and oxygen atoms in total. The number of nitrogens with zero attached hydrogens (tertiary/aromatic N) is 1. The zero-order chi connectivity index (χ0) is 10.7. The minimum Gasteiger partial charge on any atom is -0.367 e. The average Bonchev–Trinajstić information content (AvgIpc) is 2.14. The fourth-order valence-corrected chi connectivity index (χ4v) is 2.20. The summed E-state index contributed by atoms with van der Waals surface area (Å²) in [6, 6.07) is 3.64. The van der Waals surface area contributed by atoms with Crippen LogP contribution in [0.15, 0.2) is 18.3 Å². The van der Waals surface area contributed by atoms with E-state index < -0.39 is 0 Å². The molecule has 1 saturated carbocycles. The number of halogens is 2. The summed E-state index contributed by atoms with van der Waals surface area (Å²) < 4.78 is 0. The molecule has 1 aromatic rings. The SMILES string of the molecule is Clc1cccnc1NCC(Cl)C1CCC1. The molecule has 1 aromatic heterocycles. The van der Waals surface area contributed by atoms with E-state index in [-0.39, 0.29) is 5.38 Å². The van der Waals surface area contributed by atoms with Gasteiger partial charge in [-0.15, -0.1) is 11.6 Å². The van der Waals surface area contributed by atoms with Gasteiger partial charge in [0.1, 0.15) is 5.82 Å². The summed E-state index contributed by atoms with van der Waals surface area (Å²) in [5.41, 5.74) is 0. The van der Waals surface area contributed by atoms with Crippen LogP contribution in [0.25, 0.3) is 0 Å². The van der Waals surface area contributed by atoms with E-state index in [1.807, 2.05) is 12.1 Å². The van der Waals surface area contributed by atoms with Crippen molar-refractivity contribution >= 4 is 29.0 Å². The summed E-state index contributed by atoms with van der Waals surface area (Å²) >= 11 is 12.2. The van der Waals surface area contributed by atoms with E-state index in [9.17, 15) is 0 Å². The number of alkyl halides is 1. The molecule has 0 radical (unpaired) electrons. The fraction of sp³-hybridized carbons (Fsp3) is 0.545. The highest BCUT2D eigenvalue weighted by atomic mass is 35.5. The van der Waals surface area contributed by atoms with Crippen LogP contribution in [0.2, 0.25) is 5.02 Å². The third-order valence-corrected chi connectivity index (χ3v) is 3.70. The van der Waals surface area contributed by atoms with Crippen molar-refractivity contribution in [2.75, 3.05) is 11.9 Å². The summed E-state index contributed by atoms with van der Waals surface area (Å²) in [5.74, 6) is 1.39. The number of rotatable bonds is 4. The van der Waals surface area contributed by atoms with Crippen LogP contribution in [-0.4, -0.2) is 16.9 Å². The van der Waals surface area contributed by atoms with Crippen molar-refractivity contribution in [3.8, 4) is 0 Å². The lowest BCUT2D eigenvalue weighted by Crippen LogP contribution is -2.28. The summed E-state index contributed by atoms with van der Waals surface area (Å²) in [6.07, 6.45) is 5.55. The Morgan fingerprint density at radius 1 is 1.53 bits per heavy atom. The predicted octanol–water partition coefficient (Wildman–Crippen LogP) is 3.55. The van der Waals surface area contributed by atoms with Crippen LogP contribution in [-0.2, 0) is 0 Å². The maximum atomic E-state index is 6.25. The Morgan fingerprint density at radius 2 is 2.33 bits per heavy atom. The van der Waals surface area contributed by atoms with E-state index in [0.717, 1.165) is 12.4 Å². The monoisotopic (exact) mass is 244 g/mol. The quantitative estimate of drug-likeness (QED) is 0.820. The Balaban J connectivity index is 1.84. The lowest BCUT2D eigenvalue weighted by Gasteiger charge is -2.30. The van der Waals surface area contributed by atoms with Crippen molar-refractivity contribution < 1.29 is 0 Å². The summed E-state index contributed by atoms with van der Waals surface area (Å²) in [4.78, 5) is 4.15. The van der Waals surface area contributed by atoms with Crippen LogP contribution >= 0.6 is 23.2 Å². The van der Waals surface area contributed by atoms with Gasteiger partial charge in [0, 0.05) is 12.7 Å². The third-order valence-electron chi connectivity index (χ3n) is 2.88. The lowest BCUT2D eigenvalue weighted by atomic mass is 9.83. The van der Waals surface area contributed by atoms with Gasteiger partial charge in [-0.25, -0.2) is 4.98 Å². The van der Waals surface area contributed by atoms with Crippen molar-refractivity contribution in [1.82, 2.24) is 4.98 Å². The van der Waals surface area contributed by atoms with Crippen LogP contribution in [0.3, 0.4) is 0 Å². The lowest BCUT2D eigenvalue weighted by molar-refractivity contribution is 0.308. The number of aromatic nitrogens is 1. The van der Waals surface area contributed by atoms with Crippen molar-refractivity contribution in [2.24, 2.45) is 5.92 Å². The van der Waals surface area contributed by atoms with Crippen LogP contribution in [0.4, 0.5) is 5.82 Å². The molecule has 0 spiro atoms. The van der Waals surface area contributed by atoms with Gasteiger partial charge in [0.2, 0.25) is 0 Å². The normalized spacial score (nSPS) is 18.3. The Bertz CT molecular complexity index is 326. The maximum Gasteiger partial charge on any atom is 0.144 e. The zero-order valence-corrected chi connectivity index (χ0v) is 9.93. The van der Waals surface area contributed by atoms with Gasteiger partial charge in [-0.2, -0.15) is 0 Å². The Labute approximate surface area is 100.0 Å². The number of hydrogen-bond donors (Lipinski definition) is 1. The molecule has 0 bridgehead atoms. The Kier molecular flexibility index (Phi) is 3.71. The fourth-order valence-electron chi connectivity index (χ4n) is 1.68. The molecular formula is C11H14Cl2N2.